The van der Waals surface area contributed by atoms with E-state index >= 15 is 0 Å². The fourth-order valence-corrected chi connectivity index (χ4v) is 3.60. The van der Waals surface area contributed by atoms with E-state index in [1.165, 1.54) is 18.2 Å². The van der Waals surface area contributed by atoms with Crippen LogP contribution in [0.1, 0.15) is 41.4 Å². The number of nitrogens with zero attached hydrogens (tertiary/aromatic N) is 2. The lowest BCUT2D eigenvalue weighted by molar-refractivity contribution is 0.0909. The summed E-state index contributed by atoms with van der Waals surface area (Å²) in [5, 5.41) is 0. The summed E-state index contributed by atoms with van der Waals surface area (Å²) in [6.45, 7) is 0. The van der Waals surface area contributed by atoms with Crippen LogP contribution in [0, 0.1) is 0 Å². The highest BCUT2D eigenvalue weighted by Gasteiger charge is 2.40. The molecule has 28 heavy (non-hydrogen) atoms. The van der Waals surface area contributed by atoms with E-state index in [1.807, 2.05) is 0 Å². The van der Waals surface area contributed by atoms with Gasteiger partial charge in [-0.3, -0.25) is 19.2 Å². The van der Waals surface area contributed by atoms with Crippen molar-refractivity contribution in [1.29, 1.82) is 0 Å². The van der Waals surface area contributed by atoms with Crippen LogP contribution in [0.25, 0.3) is 0 Å². The van der Waals surface area contributed by atoms with Crippen LogP contribution < -0.4 is 9.80 Å². The highest BCUT2D eigenvalue weighted by atomic mass is 16.2. The lowest BCUT2D eigenvalue weighted by Crippen LogP contribution is -2.30. The minimum absolute atomic E-state index is 0.169. The number of imide groups is 2. The molecule has 4 amide bonds. The van der Waals surface area contributed by atoms with Gasteiger partial charge in [-0.05, 0) is 42.5 Å². The van der Waals surface area contributed by atoms with Crippen molar-refractivity contribution in [2.24, 2.45) is 0 Å². The fourth-order valence-electron chi connectivity index (χ4n) is 3.60. The molecule has 2 aliphatic heterocycles. The lowest BCUT2D eigenvalue weighted by Gasteiger charge is -2.14. The maximum atomic E-state index is 12.9. The molecule has 6 nitrogen and oxygen atoms in total. The van der Waals surface area contributed by atoms with Gasteiger partial charge >= 0.3 is 0 Å². The number of rotatable bonds is 2. The first-order chi connectivity index (χ1) is 13.6. The number of fused-ring (bicyclic) bond motifs is 2. The van der Waals surface area contributed by atoms with Crippen LogP contribution in [0.3, 0.4) is 0 Å². The maximum absolute atomic E-state index is 12.9. The Bertz CT molecular complexity index is 1170. The molecule has 0 bridgehead atoms. The van der Waals surface area contributed by atoms with Crippen molar-refractivity contribution >= 4 is 35.0 Å². The predicted octanol–water partition coefficient (Wildman–Crippen LogP) is 3.29. The summed E-state index contributed by atoms with van der Waals surface area (Å²) in [7, 11) is 0. The van der Waals surface area contributed by atoms with Gasteiger partial charge in [0, 0.05) is 0 Å². The van der Waals surface area contributed by atoms with Gasteiger partial charge in [-0.2, -0.15) is 0 Å². The van der Waals surface area contributed by atoms with Crippen molar-refractivity contribution in [2.45, 2.75) is 0 Å². The van der Waals surface area contributed by atoms with Crippen LogP contribution in [0.4, 0.5) is 11.4 Å². The van der Waals surface area contributed by atoms with Gasteiger partial charge in [0.2, 0.25) is 0 Å². The lowest BCUT2D eigenvalue weighted by atomic mass is 10.1. The van der Waals surface area contributed by atoms with Crippen LogP contribution in [0.15, 0.2) is 72.8 Å². The number of para-hydroxylation sites is 1. The van der Waals surface area contributed by atoms with Crippen molar-refractivity contribution < 1.29 is 19.2 Å². The van der Waals surface area contributed by atoms with E-state index in [1.54, 1.807) is 54.6 Å². The SMILES string of the molecule is O=C1c2ccccc2C(=O)N1c1ccc2c(c1)C(=O)N(c1ccccc1)C2=O. The predicted molar refractivity (Wildman–Crippen MR) is 102 cm³/mol. The number of amides is 4. The number of hydrogen-bond acceptors (Lipinski definition) is 4. The molecule has 2 aliphatic rings. The second kappa shape index (κ2) is 5.72. The van der Waals surface area contributed by atoms with Crippen LogP contribution >= 0.6 is 0 Å². The molecule has 0 fully saturated rings. The number of benzene rings is 3. The molecule has 2 heterocycles. The first-order valence-electron chi connectivity index (χ1n) is 8.63. The molecule has 0 aliphatic carbocycles. The zero-order valence-electron chi connectivity index (χ0n) is 14.5. The smallest absolute Gasteiger partial charge is 0.266 e. The van der Waals surface area contributed by atoms with Gasteiger partial charge in [-0.25, -0.2) is 9.80 Å². The number of carbonyl (C=O) groups excluding carboxylic acids is 4. The van der Waals surface area contributed by atoms with Crippen molar-refractivity contribution in [3.8, 4) is 0 Å². The van der Waals surface area contributed by atoms with Gasteiger partial charge in [0.15, 0.2) is 0 Å². The van der Waals surface area contributed by atoms with E-state index in [0.29, 0.717) is 16.8 Å². The standard InChI is InChI=1S/C22H12N2O4/c25-19-15-8-4-5-9-16(15)20(26)24(19)14-10-11-17-18(12-14)22(28)23(21(17)27)13-6-2-1-3-7-13/h1-12H. The van der Waals surface area contributed by atoms with Crippen LogP contribution in [0.2, 0.25) is 0 Å². The molecule has 0 aromatic heterocycles. The van der Waals surface area contributed by atoms with Crippen molar-refractivity contribution in [2.75, 3.05) is 9.80 Å². The van der Waals surface area contributed by atoms with Gasteiger partial charge in [-0.15, -0.1) is 0 Å². The van der Waals surface area contributed by atoms with Crippen LogP contribution in [-0.4, -0.2) is 23.6 Å². The van der Waals surface area contributed by atoms with Gasteiger partial charge in [0.1, 0.15) is 0 Å². The van der Waals surface area contributed by atoms with Gasteiger partial charge in [-0.1, -0.05) is 30.3 Å². The topological polar surface area (TPSA) is 74.8 Å². The summed E-state index contributed by atoms with van der Waals surface area (Å²) in [5.74, 6) is -1.81. The second-order valence-corrected chi connectivity index (χ2v) is 6.50. The second-order valence-electron chi connectivity index (χ2n) is 6.50. The van der Waals surface area contributed by atoms with Crippen molar-refractivity contribution in [3.63, 3.8) is 0 Å². The van der Waals surface area contributed by atoms with Crippen molar-refractivity contribution in [1.82, 2.24) is 0 Å². The van der Waals surface area contributed by atoms with Gasteiger partial charge in [0.05, 0.1) is 33.6 Å². The Labute approximate surface area is 159 Å². The molecule has 3 aromatic rings. The quantitative estimate of drug-likeness (QED) is 0.651. The first-order valence-corrected chi connectivity index (χ1v) is 8.63. The number of carbonyl (C=O) groups is 4. The van der Waals surface area contributed by atoms with E-state index in [4.69, 9.17) is 0 Å². The zero-order chi connectivity index (χ0) is 19.4. The minimum Gasteiger partial charge on any atom is -0.268 e. The largest absolute Gasteiger partial charge is 0.268 e. The molecule has 0 radical (unpaired) electrons. The molecule has 0 N–H and O–H groups in total. The van der Waals surface area contributed by atoms with Crippen LogP contribution in [0.5, 0.6) is 0 Å². The normalized spacial score (nSPS) is 15.3. The maximum Gasteiger partial charge on any atom is 0.266 e. The molecule has 3 aromatic carbocycles. The van der Waals surface area contributed by atoms with E-state index in [2.05, 4.69) is 0 Å². The molecule has 134 valence electrons. The monoisotopic (exact) mass is 368 g/mol. The highest BCUT2D eigenvalue weighted by Crippen LogP contribution is 2.34. The molecule has 0 spiro atoms. The molecule has 6 heteroatoms. The Hall–Kier alpha value is -4.06. The average molecular weight is 368 g/mol. The van der Waals surface area contributed by atoms with Gasteiger partial charge in [0.25, 0.3) is 23.6 Å². The molecule has 0 atom stereocenters. The third-order valence-electron chi connectivity index (χ3n) is 4.94. The van der Waals surface area contributed by atoms with Crippen molar-refractivity contribution in [3.05, 3.63) is 95.1 Å². The summed E-state index contributed by atoms with van der Waals surface area (Å²) in [6.07, 6.45) is 0. The minimum atomic E-state index is -0.482. The molecule has 0 saturated heterocycles. The van der Waals surface area contributed by atoms with E-state index in [9.17, 15) is 19.2 Å². The zero-order valence-corrected chi connectivity index (χ0v) is 14.5. The van der Waals surface area contributed by atoms with Crippen LogP contribution in [-0.2, 0) is 0 Å². The summed E-state index contributed by atoms with van der Waals surface area (Å²) in [5.41, 5.74) is 1.79. The highest BCUT2D eigenvalue weighted by molar-refractivity contribution is 6.37. The molecule has 0 saturated carbocycles. The Morgan fingerprint density at radius 3 is 1.50 bits per heavy atom. The van der Waals surface area contributed by atoms with E-state index in [-0.39, 0.29) is 16.8 Å². The molecular weight excluding hydrogens is 356 g/mol. The Kier molecular flexibility index (Phi) is 3.30. The number of hydrogen-bond donors (Lipinski definition) is 0. The van der Waals surface area contributed by atoms with E-state index < -0.39 is 23.6 Å². The summed E-state index contributed by atoms with van der Waals surface area (Å²) in [4.78, 5) is 53.1. The van der Waals surface area contributed by atoms with E-state index in [0.717, 1.165) is 9.80 Å². The third-order valence-corrected chi connectivity index (χ3v) is 4.94. The van der Waals surface area contributed by atoms with Gasteiger partial charge < -0.3 is 0 Å². The summed E-state index contributed by atoms with van der Waals surface area (Å²) in [6, 6.07) is 19.6. The molecular formula is C22H12N2O4. The third kappa shape index (κ3) is 2.08. The Morgan fingerprint density at radius 2 is 0.893 bits per heavy atom. The average Bonchev–Trinajstić information content (AvgIpc) is 3.13. The molecule has 5 rings (SSSR count). The summed E-state index contributed by atoms with van der Waals surface area (Å²) >= 11 is 0. The Morgan fingerprint density at radius 1 is 0.429 bits per heavy atom. The molecule has 0 unspecified atom stereocenters. The number of anilines is 2. The summed E-state index contributed by atoms with van der Waals surface area (Å²) < 4.78 is 0. The fraction of sp³-hybridized carbons (Fsp3) is 0. The Balaban J connectivity index is 1.57. The first kappa shape index (κ1) is 16.1.